The fourth-order valence-corrected chi connectivity index (χ4v) is 3.07. The topological polar surface area (TPSA) is 68.0 Å². The minimum Gasteiger partial charge on any atom is -0.419 e. The molecule has 5 nitrogen and oxygen atoms in total. The molecule has 1 aromatic heterocycles. The first-order valence-electron chi connectivity index (χ1n) is 7.55. The average molecular weight is 339 g/mol. The van der Waals surface area contributed by atoms with Crippen molar-refractivity contribution in [2.45, 2.75) is 24.0 Å². The zero-order valence-corrected chi connectivity index (χ0v) is 14.2. The van der Waals surface area contributed by atoms with Gasteiger partial charge in [-0.3, -0.25) is 4.79 Å². The van der Waals surface area contributed by atoms with Crippen molar-refractivity contribution in [1.29, 1.82) is 0 Å². The molecular formula is C18H17N3O2S. The molecule has 3 rings (SSSR count). The zero-order chi connectivity index (χ0) is 16.9. The van der Waals surface area contributed by atoms with E-state index in [-0.39, 0.29) is 11.2 Å². The van der Waals surface area contributed by atoms with Crippen molar-refractivity contribution in [3.05, 3.63) is 60.5 Å². The van der Waals surface area contributed by atoms with Gasteiger partial charge >= 0.3 is 0 Å². The first kappa shape index (κ1) is 16.3. The number of carbonyl (C=O) groups excluding carboxylic acids is 1. The molecule has 0 saturated carbocycles. The lowest BCUT2D eigenvalue weighted by molar-refractivity contribution is -0.114. The Morgan fingerprint density at radius 2 is 1.79 bits per heavy atom. The van der Waals surface area contributed by atoms with E-state index in [2.05, 4.69) is 15.5 Å². The summed E-state index contributed by atoms with van der Waals surface area (Å²) >= 11 is 1.62. The highest BCUT2D eigenvalue weighted by atomic mass is 32.2. The molecule has 0 aliphatic carbocycles. The number of carbonyl (C=O) groups is 1. The van der Waals surface area contributed by atoms with Gasteiger partial charge in [0.2, 0.25) is 17.7 Å². The molecule has 1 N–H and O–H groups in total. The standard InChI is InChI=1S/C18H17N3O2S/c1-12(24-16-10-8-15(9-11-16)19-13(2)22)17-20-21-18(23-17)14-6-4-3-5-7-14/h3-12H,1-2H3,(H,19,22). The zero-order valence-electron chi connectivity index (χ0n) is 13.4. The van der Waals surface area contributed by atoms with Gasteiger partial charge < -0.3 is 9.73 Å². The van der Waals surface area contributed by atoms with Crippen LogP contribution < -0.4 is 5.32 Å². The third kappa shape index (κ3) is 4.02. The van der Waals surface area contributed by atoms with Crippen LogP contribution >= 0.6 is 11.8 Å². The average Bonchev–Trinajstić information content (AvgIpc) is 3.07. The lowest BCUT2D eigenvalue weighted by Gasteiger charge is -2.08. The molecule has 2 aromatic carbocycles. The number of hydrogen-bond acceptors (Lipinski definition) is 5. The van der Waals surface area contributed by atoms with E-state index in [0.29, 0.717) is 11.8 Å². The van der Waals surface area contributed by atoms with Gasteiger partial charge in [0.15, 0.2) is 0 Å². The highest BCUT2D eigenvalue weighted by Gasteiger charge is 2.16. The maximum Gasteiger partial charge on any atom is 0.247 e. The Balaban J connectivity index is 1.68. The number of nitrogens with zero attached hydrogens (tertiary/aromatic N) is 2. The number of anilines is 1. The van der Waals surface area contributed by atoms with E-state index in [1.165, 1.54) is 6.92 Å². The summed E-state index contributed by atoms with van der Waals surface area (Å²) in [5.41, 5.74) is 1.69. The van der Waals surface area contributed by atoms with Crippen molar-refractivity contribution >= 4 is 23.4 Å². The van der Waals surface area contributed by atoms with Crippen LogP contribution in [0.15, 0.2) is 63.9 Å². The van der Waals surface area contributed by atoms with Gasteiger partial charge in [-0.25, -0.2) is 0 Å². The second-order valence-electron chi connectivity index (χ2n) is 5.28. The van der Waals surface area contributed by atoms with Crippen LogP contribution in [0, 0.1) is 0 Å². The molecule has 0 saturated heterocycles. The van der Waals surface area contributed by atoms with Crippen LogP contribution in [0.2, 0.25) is 0 Å². The molecule has 6 heteroatoms. The van der Waals surface area contributed by atoms with E-state index in [1.54, 1.807) is 11.8 Å². The molecule has 0 aliphatic rings. The highest BCUT2D eigenvalue weighted by molar-refractivity contribution is 7.99. The first-order valence-corrected chi connectivity index (χ1v) is 8.43. The molecule has 1 amide bonds. The van der Waals surface area contributed by atoms with Crippen LogP contribution in [0.5, 0.6) is 0 Å². The summed E-state index contributed by atoms with van der Waals surface area (Å²) in [5.74, 6) is 1.03. The smallest absolute Gasteiger partial charge is 0.247 e. The molecule has 0 aliphatic heterocycles. The van der Waals surface area contributed by atoms with Crippen LogP contribution in [0.4, 0.5) is 5.69 Å². The highest BCUT2D eigenvalue weighted by Crippen LogP contribution is 2.35. The Hall–Kier alpha value is -2.60. The Kier molecular flexibility index (Phi) is 4.96. The quantitative estimate of drug-likeness (QED) is 0.691. The first-order chi connectivity index (χ1) is 11.6. The van der Waals surface area contributed by atoms with Crippen molar-refractivity contribution in [3.8, 4) is 11.5 Å². The minimum absolute atomic E-state index is 0.0292. The van der Waals surface area contributed by atoms with Crippen molar-refractivity contribution < 1.29 is 9.21 Å². The Bertz CT molecular complexity index is 816. The Morgan fingerprint density at radius 1 is 1.08 bits per heavy atom. The molecular weight excluding hydrogens is 322 g/mol. The summed E-state index contributed by atoms with van der Waals surface area (Å²) in [5, 5.41) is 11.0. The van der Waals surface area contributed by atoms with Crippen molar-refractivity contribution in [2.24, 2.45) is 0 Å². The van der Waals surface area contributed by atoms with E-state index < -0.39 is 0 Å². The van der Waals surface area contributed by atoms with Crippen molar-refractivity contribution in [2.75, 3.05) is 5.32 Å². The number of thioether (sulfide) groups is 1. The van der Waals surface area contributed by atoms with Crippen LogP contribution in [-0.4, -0.2) is 16.1 Å². The number of rotatable bonds is 5. The summed E-state index contributed by atoms with van der Waals surface area (Å²) < 4.78 is 5.78. The summed E-state index contributed by atoms with van der Waals surface area (Å²) in [6.07, 6.45) is 0. The second-order valence-corrected chi connectivity index (χ2v) is 6.69. The van der Waals surface area contributed by atoms with Crippen LogP contribution in [0.1, 0.15) is 25.0 Å². The van der Waals surface area contributed by atoms with Gasteiger partial charge in [0.05, 0.1) is 5.25 Å². The third-order valence-electron chi connectivity index (χ3n) is 3.30. The maximum atomic E-state index is 11.0. The van der Waals surface area contributed by atoms with Crippen molar-refractivity contribution in [1.82, 2.24) is 10.2 Å². The number of amides is 1. The van der Waals surface area contributed by atoms with Crippen LogP contribution in [0.3, 0.4) is 0 Å². The molecule has 1 heterocycles. The predicted molar refractivity (Wildman–Crippen MR) is 94.8 cm³/mol. The minimum atomic E-state index is -0.0805. The molecule has 1 atom stereocenters. The van der Waals surface area contributed by atoms with Crippen molar-refractivity contribution in [3.63, 3.8) is 0 Å². The van der Waals surface area contributed by atoms with Gasteiger partial charge in [-0.15, -0.1) is 22.0 Å². The molecule has 0 bridgehead atoms. The molecule has 24 heavy (non-hydrogen) atoms. The molecule has 0 radical (unpaired) electrons. The van der Waals surface area contributed by atoms with E-state index in [9.17, 15) is 4.79 Å². The van der Waals surface area contributed by atoms with Gasteiger partial charge in [0, 0.05) is 23.1 Å². The second kappa shape index (κ2) is 7.31. The summed E-state index contributed by atoms with van der Waals surface area (Å²) in [6.45, 7) is 3.51. The predicted octanol–water partition coefficient (Wildman–Crippen LogP) is 4.55. The normalized spacial score (nSPS) is 11.9. The van der Waals surface area contributed by atoms with E-state index >= 15 is 0 Å². The Labute approximate surface area is 144 Å². The molecule has 3 aromatic rings. The van der Waals surface area contributed by atoms with Gasteiger partial charge in [-0.05, 0) is 43.3 Å². The van der Waals surface area contributed by atoms with Gasteiger partial charge in [-0.1, -0.05) is 18.2 Å². The summed E-state index contributed by atoms with van der Waals surface area (Å²) in [7, 11) is 0. The Morgan fingerprint density at radius 3 is 2.46 bits per heavy atom. The molecule has 1 unspecified atom stereocenters. The van der Waals surface area contributed by atoms with E-state index in [4.69, 9.17) is 4.42 Å². The molecule has 122 valence electrons. The van der Waals surface area contributed by atoms with Gasteiger partial charge in [-0.2, -0.15) is 0 Å². The monoisotopic (exact) mass is 339 g/mol. The maximum absolute atomic E-state index is 11.0. The number of nitrogens with one attached hydrogen (secondary N) is 1. The number of benzene rings is 2. The molecule has 0 spiro atoms. The summed E-state index contributed by atoms with van der Waals surface area (Å²) in [6, 6.07) is 17.4. The van der Waals surface area contributed by atoms with E-state index in [0.717, 1.165) is 16.1 Å². The largest absolute Gasteiger partial charge is 0.419 e. The lowest BCUT2D eigenvalue weighted by Crippen LogP contribution is -2.05. The third-order valence-corrected chi connectivity index (χ3v) is 4.40. The van der Waals surface area contributed by atoms with Gasteiger partial charge in [0.1, 0.15) is 0 Å². The summed E-state index contributed by atoms with van der Waals surface area (Å²) in [4.78, 5) is 12.1. The molecule has 0 fully saturated rings. The fourth-order valence-electron chi connectivity index (χ4n) is 2.17. The van der Waals surface area contributed by atoms with E-state index in [1.807, 2.05) is 61.5 Å². The lowest BCUT2D eigenvalue weighted by atomic mass is 10.2. The van der Waals surface area contributed by atoms with Crippen LogP contribution in [0.25, 0.3) is 11.5 Å². The number of aromatic nitrogens is 2. The number of hydrogen-bond donors (Lipinski definition) is 1. The fraction of sp³-hybridized carbons (Fsp3) is 0.167. The SMILES string of the molecule is CC(=O)Nc1ccc(SC(C)c2nnc(-c3ccccc3)o2)cc1. The van der Waals surface area contributed by atoms with Crippen LogP contribution in [-0.2, 0) is 4.79 Å². The van der Waals surface area contributed by atoms with Gasteiger partial charge in [0.25, 0.3) is 0 Å².